The SMILES string of the molecule is CC(Cc1cc(-c2cccc(-c3ccc(CC(=O)O)cc3)c2)c2ncccc2c1)S(C)(=O)=O. The zero-order valence-electron chi connectivity index (χ0n) is 18.5. The van der Waals surface area contributed by atoms with Crippen LogP contribution in [0.1, 0.15) is 18.1 Å². The number of fused-ring (bicyclic) bond motifs is 1. The zero-order valence-corrected chi connectivity index (χ0v) is 19.3. The summed E-state index contributed by atoms with van der Waals surface area (Å²) in [7, 11) is -3.14. The smallest absolute Gasteiger partial charge is 0.307 e. The van der Waals surface area contributed by atoms with E-state index in [1.807, 2.05) is 66.7 Å². The molecular formula is C27H25NO4S. The van der Waals surface area contributed by atoms with Gasteiger partial charge in [0.25, 0.3) is 0 Å². The van der Waals surface area contributed by atoms with E-state index in [1.54, 1.807) is 13.1 Å². The molecule has 0 amide bonds. The maximum absolute atomic E-state index is 12.0. The van der Waals surface area contributed by atoms with Crippen LogP contribution < -0.4 is 0 Å². The third-order valence-electron chi connectivity index (χ3n) is 5.83. The molecule has 0 saturated carbocycles. The molecule has 0 radical (unpaired) electrons. The number of benzene rings is 3. The minimum absolute atomic E-state index is 0.00330. The lowest BCUT2D eigenvalue weighted by Crippen LogP contribution is -2.18. The number of rotatable bonds is 7. The number of nitrogens with zero attached hydrogens (tertiary/aromatic N) is 1. The Morgan fingerprint density at radius 1 is 0.909 bits per heavy atom. The Hall–Kier alpha value is -3.51. The quantitative estimate of drug-likeness (QED) is 0.412. The summed E-state index contributed by atoms with van der Waals surface area (Å²) in [6, 6.07) is 23.5. The van der Waals surface area contributed by atoms with Gasteiger partial charge < -0.3 is 5.11 Å². The molecule has 1 N–H and O–H groups in total. The molecule has 0 aliphatic heterocycles. The summed E-state index contributed by atoms with van der Waals surface area (Å²) in [5.74, 6) is -0.853. The van der Waals surface area contributed by atoms with E-state index in [1.165, 1.54) is 6.26 Å². The van der Waals surface area contributed by atoms with Gasteiger partial charge in [-0.2, -0.15) is 0 Å². The molecule has 0 bridgehead atoms. The van der Waals surface area contributed by atoms with Crippen molar-refractivity contribution in [3.05, 3.63) is 90.1 Å². The van der Waals surface area contributed by atoms with E-state index in [0.717, 1.165) is 44.3 Å². The molecule has 1 aromatic heterocycles. The number of aromatic nitrogens is 1. The van der Waals surface area contributed by atoms with Crippen LogP contribution in [0.15, 0.2) is 79.0 Å². The first-order valence-electron chi connectivity index (χ1n) is 10.7. The molecule has 6 heteroatoms. The Bertz CT molecular complexity index is 1430. The molecule has 1 unspecified atom stereocenters. The predicted octanol–water partition coefficient (Wildman–Crippen LogP) is 5.17. The summed E-state index contributed by atoms with van der Waals surface area (Å²) in [5, 5.41) is 9.47. The Morgan fingerprint density at radius 3 is 2.33 bits per heavy atom. The van der Waals surface area contributed by atoms with Crippen molar-refractivity contribution >= 4 is 26.7 Å². The van der Waals surface area contributed by atoms with E-state index in [4.69, 9.17) is 5.11 Å². The molecule has 33 heavy (non-hydrogen) atoms. The Kier molecular flexibility index (Phi) is 6.29. The van der Waals surface area contributed by atoms with E-state index in [-0.39, 0.29) is 6.42 Å². The van der Waals surface area contributed by atoms with Crippen molar-refractivity contribution < 1.29 is 18.3 Å². The molecular weight excluding hydrogens is 434 g/mol. The summed E-state index contributed by atoms with van der Waals surface area (Å²) < 4.78 is 24.0. The third-order valence-corrected chi connectivity index (χ3v) is 7.46. The fourth-order valence-corrected chi connectivity index (χ4v) is 4.43. The van der Waals surface area contributed by atoms with Gasteiger partial charge in [-0.15, -0.1) is 0 Å². The molecule has 0 fully saturated rings. The van der Waals surface area contributed by atoms with E-state index in [9.17, 15) is 13.2 Å². The summed E-state index contributed by atoms with van der Waals surface area (Å²) >= 11 is 0. The van der Waals surface area contributed by atoms with Gasteiger partial charge in [0.05, 0.1) is 17.2 Å². The van der Waals surface area contributed by atoms with Crippen LogP contribution in [-0.2, 0) is 27.5 Å². The van der Waals surface area contributed by atoms with Gasteiger partial charge >= 0.3 is 5.97 Å². The van der Waals surface area contributed by atoms with E-state index >= 15 is 0 Å². The molecule has 168 valence electrons. The molecule has 1 heterocycles. The highest BCUT2D eigenvalue weighted by atomic mass is 32.2. The molecule has 0 spiro atoms. The number of aliphatic carboxylic acids is 1. The Balaban J connectivity index is 1.76. The maximum atomic E-state index is 12.0. The summed E-state index contributed by atoms with van der Waals surface area (Å²) in [4.78, 5) is 15.5. The van der Waals surface area contributed by atoms with Gasteiger partial charge in [0.15, 0.2) is 0 Å². The highest BCUT2D eigenvalue weighted by Crippen LogP contribution is 2.32. The molecule has 4 aromatic rings. The highest BCUT2D eigenvalue weighted by molar-refractivity contribution is 7.91. The van der Waals surface area contributed by atoms with E-state index in [2.05, 4.69) is 11.1 Å². The zero-order chi connectivity index (χ0) is 23.6. The predicted molar refractivity (Wildman–Crippen MR) is 132 cm³/mol. The number of sulfone groups is 1. The lowest BCUT2D eigenvalue weighted by molar-refractivity contribution is -0.136. The number of carboxylic acids is 1. The minimum atomic E-state index is -3.14. The second-order valence-electron chi connectivity index (χ2n) is 8.41. The summed E-state index contributed by atoms with van der Waals surface area (Å²) in [5.41, 5.74) is 6.51. The second kappa shape index (κ2) is 9.16. The Morgan fingerprint density at radius 2 is 1.64 bits per heavy atom. The van der Waals surface area contributed by atoms with Crippen molar-refractivity contribution in [3.63, 3.8) is 0 Å². The third kappa shape index (κ3) is 5.29. The van der Waals surface area contributed by atoms with Gasteiger partial charge in [-0.05, 0) is 65.4 Å². The fourth-order valence-electron chi connectivity index (χ4n) is 3.93. The first kappa shape index (κ1) is 22.7. The van der Waals surface area contributed by atoms with Crippen molar-refractivity contribution in [3.8, 4) is 22.3 Å². The largest absolute Gasteiger partial charge is 0.481 e. The molecule has 1 atom stereocenters. The monoisotopic (exact) mass is 459 g/mol. The van der Waals surface area contributed by atoms with Crippen LogP contribution >= 0.6 is 0 Å². The van der Waals surface area contributed by atoms with Crippen LogP contribution in [0.2, 0.25) is 0 Å². The van der Waals surface area contributed by atoms with Crippen molar-refractivity contribution in [1.82, 2.24) is 4.98 Å². The van der Waals surface area contributed by atoms with Crippen LogP contribution in [0, 0.1) is 0 Å². The van der Waals surface area contributed by atoms with Crippen LogP contribution in [0.25, 0.3) is 33.2 Å². The summed E-state index contributed by atoms with van der Waals surface area (Å²) in [6.45, 7) is 1.73. The van der Waals surface area contributed by atoms with Gasteiger partial charge in [0.1, 0.15) is 9.84 Å². The first-order valence-corrected chi connectivity index (χ1v) is 12.6. The molecule has 4 rings (SSSR count). The second-order valence-corrected chi connectivity index (χ2v) is 10.9. The molecule has 0 aliphatic rings. The normalized spacial score (nSPS) is 12.5. The standard InChI is InChI=1S/C27H25NO4S/c1-18(33(2,31)32)13-20-14-24-7-4-12-28-27(24)25(15-20)23-6-3-5-22(17-23)21-10-8-19(9-11-21)16-26(29)30/h3-12,14-15,17-18H,13,16H2,1-2H3,(H,29,30). The lowest BCUT2D eigenvalue weighted by atomic mass is 9.94. The highest BCUT2D eigenvalue weighted by Gasteiger charge is 2.17. The van der Waals surface area contributed by atoms with Crippen LogP contribution in [0.5, 0.6) is 0 Å². The van der Waals surface area contributed by atoms with Gasteiger partial charge in [-0.3, -0.25) is 9.78 Å². The maximum Gasteiger partial charge on any atom is 0.307 e. The minimum Gasteiger partial charge on any atom is -0.481 e. The number of carbonyl (C=O) groups is 1. The topological polar surface area (TPSA) is 84.3 Å². The van der Waals surface area contributed by atoms with E-state index < -0.39 is 21.1 Å². The van der Waals surface area contributed by atoms with E-state index in [0.29, 0.717) is 6.42 Å². The number of hydrogen-bond donors (Lipinski definition) is 1. The first-order chi connectivity index (χ1) is 15.7. The average molecular weight is 460 g/mol. The fraction of sp³-hybridized carbons (Fsp3) is 0.185. The average Bonchev–Trinajstić information content (AvgIpc) is 2.78. The Labute approximate surface area is 193 Å². The van der Waals surface area contributed by atoms with Crippen LogP contribution in [0.3, 0.4) is 0 Å². The molecule has 0 aliphatic carbocycles. The molecule has 5 nitrogen and oxygen atoms in total. The number of carboxylic acid groups (broad SMARTS) is 1. The van der Waals surface area contributed by atoms with Crippen molar-refractivity contribution in [2.45, 2.75) is 25.0 Å². The van der Waals surface area contributed by atoms with Crippen molar-refractivity contribution in [2.24, 2.45) is 0 Å². The van der Waals surface area contributed by atoms with Crippen LogP contribution in [-0.4, -0.2) is 36.0 Å². The number of hydrogen-bond acceptors (Lipinski definition) is 4. The molecule has 3 aromatic carbocycles. The van der Waals surface area contributed by atoms with Gasteiger partial charge in [0, 0.05) is 23.4 Å². The number of pyridine rings is 1. The lowest BCUT2D eigenvalue weighted by Gasteiger charge is -2.14. The van der Waals surface area contributed by atoms with Crippen molar-refractivity contribution in [1.29, 1.82) is 0 Å². The van der Waals surface area contributed by atoms with Gasteiger partial charge in [-0.1, -0.05) is 48.5 Å². The van der Waals surface area contributed by atoms with Gasteiger partial charge in [-0.25, -0.2) is 8.42 Å². The molecule has 0 saturated heterocycles. The van der Waals surface area contributed by atoms with Crippen LogP contribution in [0.4, 0.5) is 0 Å². The van der Waals surface area contributed by atoms with Crippen molar-refractivity contribution in [2.75, 3.05) is 6.26 Å². The summed E-state index contributed by atoms with van der Waals surface area (Å²) in [6.07, 6.45) is 3.46. The van der Waals surface area contributed by atoms with Gasteiger partial charge in [0.2, 0.25) is 0 Å².